The molecule has 0 aromatic carbocycles. The molecule has 4 nitrogen and oxygen atoms in total. The largest absolute Gasteiger partial charge is 0.465 e. The molecule has 16 heavy (non-hydrogen) atoms. The van der Waals surface area contributed by atoms with Crippen LogP contribution in [0.4, 0.5) is 0 Å². The van der Waals surface area contributed by atoms with Crippen molar-refractivity contribution in [1.82, 2.24) is 0 Å². The molecule has 1 aliphatic rings. The van der Waals surface area contributed by atoms with Gasteiger partial charge in [-0.1, -0.05) is 20.3 Å². The highest BCUT2D eigenvalue weighted by molar-refractivity contribution is 6.00. The molecule has 92 valence electrons. The molecule has 0 aliphatic carbocycles. The third-order valence-electron chi connectivity index (χ3n) is 3.33. The van der Waals surface area contributed by atoms with Gasteiger partial charge in [-0.2, -0.15) is 0 Å². The second-order valence-corrected chi connectivity index (χ2v) is 4.57. The number of hydrogen-bond donors (Lipinski definition) is 1. The summed E-state index contributed by atoms with van der Waals surface area (Å²) in [5.41, 5.74) is 0. The second-order valence-electron chi connectivity index (χ2n) is 4.57. The molecule has 0 aromatic heterocycles. The van der Waals surface area contributed by atoms with Crippen LogP contribution in [0.25, 0.3) is 0 Å². The van der Waals surface area contributed by atoms with Crippen LogP contribution < -0.4 is 0 Å². The predicted octanol–water partition coefficient (Wildman–Crippen LogP) is 1.16. The average Bonchev–Trinajstić information content (AvgIpc) is 2.66. The van der Waals surface area contributed by atoms with E-state index in [4.69, 9.17) is 9.84 Å². The van der Waals surface area contributed by atoms with Gasteiger partial charge >= 0.3 is 5.97 Å². The van der Waals surface area contributed by atoms with Gasteiger partial charge in [0, 0.05) is 12.3 Å². The topological polar surface area (TPSA) is 63.6 Å². The maximum Gasteiger partial charge on any atom is 0.316 e. The minimum absolute atomic E-state index is 0.0816. The number of rotatable bonds is 6. The van der Waals surface area contributed by atoms with Crippen LogP contribution in [0.5, 0.6) is 0 Å². The van der Waals surface area contributed by atoms with Crippen LogP contribution in [0, 0.1) is 17.8 Å². The van der Waals surface area contributed by atoms with E-state index in [-0.39, 0.29) is 24.9 Å². The van der Waals surface area contributed by atoms with E-state index in [9.17, 15) is 9.59 Å². The van der Waals surface area contributed by atoms with Gasteiger partial charge in [0.15, 0.2) is 0 Å². The Balaban J connectivity index is 2.48. The van der Waals surface area contributed by atoms with Crippen LogP contribution in [0.15, 0.2) is 0 Å². The van der Waals surface area contributed by atoms with Gasteiger partial charge in [-0.15, -0.1) is 0 Å². The van der Waals surface area contributed by atoms with Gasteiger partial charge in [-0.25, -0.2) is 0 Å². The lowest BCUT2D eigenvalue weighted by Gasteiger charge is -2.13. The fraction of sp³-hybridized carbons (Fsp3) is 0.833. The summed E-state index contributed by atoms with van der Waals surface area (Å²) in [6.45, 7) is 4.18. The summed E-state index contributed by atoms with van der Waals surface area (Å²) in [4.78, 5) is 23.2. The molecule has 0 saturated carbocycles. The standard InChI is InChI=1S/C12H20O4/c1-3-8(2)4-5-10(14)11-9(6-13)7-16-12(11)15/h8-9,11,13H,3-7H2,1-2H3/t8-,9-,11?/m1/s1. The van der Waals surface area contributed by atoms with Gasteiger partial charge in [-0.05, 0) is 12.3 Å². The minimum Gasteiger partial charge on any atom is -0.465 e. The number of hydrogen-bond acceptors (Lipinski definition) is 4. The molecule has 1 heterocycles. The number of cyclic esters (lactones) is 1. The van der Waals surface area contributed by atoms with E-state index in [2.05, 4.69) is 13.8 Å². The summed E-state index contributed by atoms with van der Waals surface area (Å²) in [5, 5.41) is 9.04. The van der Waals surface area contributed by atoms with Crippen molar-refractivity contribution in [1.29, 1.82) is 0 Å². The van der Waals surface area contributed by atoms with E-state index >= 15 is 0 Å². The molecule has 0 aromatic rings. The first-order valence-corrected chi connectivity index (χ1v) is 5.90. The van der Waals surface area contributed by atoms with Crippen molar-refractivity contribution >= 4 is 11.8 Å². The van der Waals surface area contributed by atoms with Gasteiger partial charge in [0.2, 0.25) is 0 Å². The molecule has 0 spiro atoms. The van der Waals surface area contributed by atoms with Gasteiger partial charge in [0.1, 0.15) is 11.7 Å². The number of aliphatic hydroxyl groups excluding tert-OH is 1. The zero-order valence-electron chi connectivity index (χ0n) is 9.94. The number of esters is 1. The van der Waals surface area contributed by atoms with E-state index < -0.39 is 11.9 Å². The van der Waals surface area contributed by atoms with Gasteiger partial charge in [0.25, 0.3) is 0 Å². The highest BCUT2D eigenvalue weighted by Gasteiger charge is 2.41. The number of aliphatic hydroxyl groups is 1. The lowest BCUT2D eigenvalue weighted by Crippen LogP contribution is -2.28. The zero-order valence-corrected chi connectivity index (χ0v) is 9.94. The van der Waals surface area contributed by atoms with Crippen molar-refractivity contribution in [3.05, 3.63) is 0 Å². The van der Waals surface area contributed by atoms with Crippen LogP contribution >= 0.6 is 0 Å². The average molecular weight is 228 g/mol. The van der Waals surface area contributed by atoms with Crippen LogP contribution in [-0.2, 0) is 14.3 Å². The molecule has 3 atom stereocenters. The summed E-state index contributed by atoms with van der Waals surface area (Å²) in [6, 6.07) is 0. The fourth-order valence-electron chi connectivity index (χ4n) is 1.87. The number of Topliss-reactive ketones (excluding diaryl/α,β-unsaturated/α-hetero) is 1. The van der Waals surface area contributed by atoms with Crippen LogP contribution in [0.1, 0.15) is 33.1 Å². The van der Waals surface area contributed by atoms with E-state index in [1.54, 1.807) is 0 Å². The maximum absolute atomic E-state index is 11.8. The monoisotopic (exact) mass is 228 g/mol. The SMILES string of the molecule is CC[C@@H](C)CCC(=O)C1C(=O)OC[C@H]1CO. The summed E-state index contributed by atoms with van der Waals surface area (Å²) in [7, 11) is 0. The first-order chi connectivity index (χ1) is 7.60. The first kappa shape index (κ1) is 13.2. The number of carbonyl (C=O) groups is 2. The summed E-state index contributed by atoms with van der Waals surface area (Å²) in [6.07, 6.45) is 2.24. The van der Waals surface area contributed by atoms with Gasteiger partial charge < -0.3 is 9.84 Å². The first-order valence-electron chi connectivity index (χ1n) is 5.90. The number of ether oxygens (including phenoxy) is 1. The predicted molar refractivity (Wildman–Crippen MR) is 58.7 cm³/mol. The minimum atomic E-state index is -0.728. The molecule has 1 saturated heterocycles. The lowest BCUT2D eigenvalue weighted by molar-refractivity contribution is -0.145. The number of ketones is 1. The van der Waals surface area contributed by atoms with E-state index in [0.29, 0.717) is 12.3 Å². The molecule has 4 heteroatoms. The molecule has 0 bridgehead atoms. The van der Waals surface area contributed by atoms with Crippen molar-refractivity contribution in [3.8, 4) is 0 Å². The Labute approximate surface area is 96.0 Å². The van der Waals surface area contributed by atoms with Crippen molar-refractivity contribution in [2.24, 2.45) is 17.8 Å². The van der Waals surface area contributed by atoms with Crippen LogP contribution in [0.2, 0.25) is 0 Å². The Bertz CT molecular complexity index is 262. The Kier molecular flexibility index (Phi) is 4.93. The molecule has 1 unspecified atom stereocenters. The molecule has 0 radical (unpaired) electrons. The molecule has 0 amide bonds. The third kappa shape index (κ3) is 3.04. The van der Waals surface area contributed by atoms with Crippen molar-refractivity contribution in [2.75, 3.05) is 13.2 Å². The van der Waals surface area contributed by atoms with Crippen molar-refractivity contribution < 1.29 is 19.4 Å². The normalized spacial score (nSPS) is 26.6. The third-order valence-corrected chi connectivity index (χ3v) is 3.33. The van der Waals surface area contributed by atoms with Gasteiger partial charge in [0.05, 0.1) is 13.2 Å². The summed E-state index contributed by atoms with van der Waals surface area (Å²) < 4.78 is 4.80. The van der Waals surface area contributed by atoms with E-state index in [1.165, 1.54) is 0 Å². The molecular formula is C12H20O4. The van der Waals surface area contributed by atoms with E-state index in [0.717, 1.165) is 12.8 Å². The molecule has 1 aliphatic heterocycles. The highest BCUT2D eigenvalue weighted by Crippen LogP contribution is 2.25. The Morgan fingerprint density at radius 1 is 1.62 bits per heavy atom. The van der Waals surface area contributed by atoms with Crippen LogP contribution in [-0.4, -0.2) is 30.1 Å². The molecule has 1 fully saturated rings. The highest BCUT2D eigenvalue weighted by atomic mass is 16.5. The lowest BCUT2D eigenvalue weighted by atomic mass is 9.88. The van der Waals surface area contributed by atoms with Crippen LogP contribution in [0.3, 0.4) is 0 Å². The zero-order chi connectivity index (χ0) is 12.1. The quantitative estimate of drug-likeness (QED) is 0.547. The fourth-order valence-corrected chi connectivity index (χ4v) is 1.87. The smallest absolute Gasteiger partial charge is 0.316 e. The number of carbonyl (C=O) groups excluding carboxylic acids is 2. The maximum atomic E-state index is 11.8. The Morgan fingerprint density at radius 2 is 2.31 bits per heavy atom. The molecule has 1 rings (SSSR count). The molecular weight excluding hydrogens is 208 g/mol. The van der Waals surface area contributed by atoms with Crippen molar-refractivity contribution in [2.45, 2.75) is 33.1 Å². The summed E-state index contributed by atoms with van der Waals surface area (Å²) in [5.74, 6) is -1.12. The second kappa shape index (κ2) is 5.99. The van der Waals surface area contributed by atoms with Crippen molar-refractivity contribution in [3.63, 3.8) is 0 Å². The Morgan fingerprint density at radius 3 is 2.88 bits per heavy atom. The van der Waals surface area contributed by atoms with Gasteiger partial charge in [-0.3, -0.25) is 9.59 Å². The molecule has 1 N–H and O–H groups in total. The summed E-state index contributed by atoms with van der Waals surface area (Å²) >= 11 is 0. The Hall–Kier alpha value is -0.900. The van der Waals surface area contributed by atoms with E-state index in [1.807, 2.05) is 0 Å².